The van der Waals surface area contributed by atoms with Gasteiger partial charge in [0.05, 0.1) is 6.10 Å². The standard InChI is InChI=1S/C17H19N3O4/c21-15(22)17(19-16(23)20-12-4-11-18-20)9-7-14(8-10-17)24-13-5-2-1-3-6-13/h1-6,11-12,14H,7-10H2,(H,19,23)(H,21,22). The van der Waals surface area contributed by atoms with Gasteiger partial charge in [0.25, 0.3) is 0 Å². The number of rotatable bonds is 4. The van der Waals surface area contributed by atoms with Gasteiger partial charge in [0.2, 0.25) is 0 Å². The van der Waals surface area contributed by atoms with Crippen LogP contribution in [0.5, 0.6) is 5.75 Å². The zero-order chi connectivity index (χ0) is 17.0. The summed E-state index contributed by atoms with van der Waals surface area (Å²) in [4.78, 5) is 23.9. The molecule has 3 rings (SSSR count). The highest BCUT2D eigenvalue weighted by molar-refractivity contribution is 5.87. The van der Waals surface area contributed by atoms with E-state index in [9.17, 15) is 14.7 Å². The van der Waals surface area contributed by atoms with Crippen LogP contribution in [0.1, 0.15) is 25.7 Å². The van der Waals surface area contributed by atoms with Gasteiger partial charge >= 0.3 is 12.0 Å². The summed E-state index contributed by atoms with van der Waals surface area (Å²) >= 11 is 0. The molecular weight excluding hydrogens is 310 g/mol. The molecule has 1 aromatic heterocycles. The van der Waals surface area contributed by atoms with Crippen molar-refractivity contribution < 1.29 is 19.4 Å². The fraction of sp³-hybridized carbons (Fsp3) is 0.353. The lowest BCUT2D eigenvalue weighted by Crippen LogP contribution is -2.58. The Balaban J connectivity index is 1.64. The van der Waals surface area contributed by atoms with Gasteiger partial charge in [0.1, 0.15) is 11.3 Å². The smallest absolute Gasteiger partial charge is 0.342 e. The Kier molecular flexibility index (Phi) is 4.50. The lowest BCUT2D eigenvalue weighted by molar-refractivity contribution is -0.146. The van der Waals surface area contributed by atoms with E-state index in [0.717, 1.165) is 10.4 Å². The maximum atomic E-state index is 12.2. The zero-order valence-electron chi connectivity index (χ0n) is 13.1. The van der Waals surface area contributed by atoms with E-state index in [2.05, 4.69) is 10.4 Å². The molecule has 2 aromatic rings. The number of hydrogen-bond acceptors (Lipinski definition) is 4. The predicted octanol–water partition coefficient (Wildman–Crippen LogP) is 2.29. The molecule has 0 atom stereocenters. The van der Waals surface area contributed by atoms with Crippen LogP contribution in [0, 0.1) is 0 Å². The highest BCUT2D eigenvalue weighted by Crippen LogP contribution is 2.31. The second-order valence-electron chi connectivity index (χ2n) is 5.90. The van der Waals surface area contributed by atoms with E-state index in [1.54, 1.807) is 6.07 Å². The molecule has 24 heavy (non-hydrogen) atoms. The molecule has 1 amide bonds. The Hall–Kier alpha value is -2.83. The van der Waals surface area contributed by atoms with E-state index in [1.807, 2.05) is 30.3 Å². The molecule has 7 heteroatoms. The third kappa shape index (κ3) is 3.40. The van der Waals surface area contributed by atoms with Crippen molar-refractivity contribution in [3.63, 3.8) is 0 Å². The molecule has 0 saturated heterocycles. The van der Waals surface area contributed by atoms with Gasteiger partial charge < -0.3 is 15.2 Å². The second-order valence-corrected chi connectivity index (χ2v) is 5.90. The minimum atomic E-state index is -1.28. The highest BCUT2D eigenvalue weighted by Gasteiger charge is 2.44. The van der Waals surface area contributed by atoms with Gasteiger partial charge in [0, 0.05) is 12.4 Å². The van der Waals surface area contributed by atoms with Crippen LogP contribution in [-0.2, 0) is 4.79 Å². The molecule has 1 aromatic carbocycles. The fourth-order valence-corrected chi connectivity index (χ4v) is 2.94. The summed E-state index contributed by atoms with van der Waals surface area (Å²) in [5, 5.41) is 16.1. The number of ether oxygens (including phenoxy) is 1. The number of amides is 1. The van der Waals surface area contributed by atoms with Crippen LogP contribution in [0.2, 0.25) is 0 Å². The molecule has 1 aliphatic carbocycles. The molecule has 1 fully saturated rings. The predicted molar refractivity (Wildman–Crippen MR) is 85.8 cm³/mol. The Labute approximate surface area is 139 Å². The molecule has 0 spiro atoms. The van der Waals surface area contributed by atoms with Gasteiger partial charge in [-0.1, -0.05) is 18.2 Å². The molecule has 126 valence electrons. The zero-order valence-corrected chi connectivity index (χ0v) is 13.1. The van der Waals surface area contributed by atoms with E-state index in [0.29, 0.717) is 25.7 Å². The summed E-state index contributed by atoms with van der Waals surface area (Å²) in [6, 6.07) is 10.5. The van der Waals surface area contributed by atoms with Gasteiger partial charge in [0.15, 0.2) is 0 Å². The van der Waals surface area contributed by atoms with E-state index in [1.165, 1.54) is 12.4 Å². The molecule has 1 saturated carbocycles. The maximum Gasteiger partial charge on any atom is 0.342 e. The molecule has 0 radical (unpaired) electrons. The molecule has 0 aliphatic heterocycles. The molecule has 7 nitrogen and oxygen atoms in total. The number of carboxylic acids is 1. The normalized spacial score (nSPS) is 23.4. The number of aromatic nitrogens is 2. The third-order valence-corrected chi connectivity index (χ3v) is 4.30. The van der Waals surface area contributed by atoms with E-state index >= 15 is 0 Å². The van der Waals surface area contributed by atoms with Crippen molar-refractivity contribution in [2.24, 2.45) is 0 Å². The summed E-state index contributed by atoms with van der Waals surface area (Å²) in [6.07, 6.45) is 4.63. The van der Waals surface area contributed by atoms with Crippen LogP contribution in [0.15, 0.2) is 48.8 Å². The minimum absolute atomic E-state index is 0.0542. The Morgan fingerprint density at radius 3 is 2.50 bits per heavy atom. The van der Waals surface area contributed by atoms with Crippen molar-refractivity contribution in [2.75, 3.05) is 0 Å². The first kappa shape index (κ1) is 16.0. The van der Waals surface area contributed by atoms with Crippen LogP contribution >= 0.6 is 0 Å². The average Bonchev–Trinajstić information content (AvgIpc) is 3.12. The van der Waals surface area contributed by atoms with Crippen LogP contribution < -0.4 is 10.1 Å². The lowest BCUT2D eigenvalue weighted by Gasteiger charge is -2.37. The lowest BCUT2D eigenvalue weighted by atomic mass is 9.80. The number of carboxylic acid groups (broad SMARTS) is 1. The molecule has 0 bridgehead atoms. The number of para-hydroxylation sites is 1. The summed E-state index contributed by atoms with van der Waals surface area (Å²) in [6.45, 7) is 0. The highest BCUT2D eigenvalue weighted by atomic mass is 16.5. The largest absolute Gasteiger partial charge is 0.490 e. The Bertz CT molecular complexity index is 692. The van der Waals surface area contributed by atoms with Crippen molar-refractivity contribution in [1.82, 2.24) is 15.1 Å². The molecular formula is C17H19N3O4. The van der Waals surface area contributed by atoms with Crippen LogP contribution in [0.3, 0.4) is 0 Å². The third-order valence-electron chi connectivity index (χ3n) is 4.30. The van der Waals surface area contributed by atoms with Crippen molar-refractivity contribution >= 4 is 12.0 Å². The molecule has 1 aliphatic rings. The fourth-order valence-electron chi connectivity index (χ4n) is 2.94. The summed E-state index contributed by atoms with van der Waals surface area (Å²) in [5.41, 5.74) is -1.28. The first-order valence-electron chi connectivity index (χ1n) is 7.86. The van der Waals surface area contributed by atoms with Crippen molar-refractivity contribution in [3.8, 4) is 5.75 Å². The van der Waals surface area contributed by atoms with Crippen LogP contribution in [-0.4, -0.2) is 38.5 Å². The number of nitrogens with zero attached hydrogens (tertiary/aromatic N) is 2. The number of hydrogen-bond donors (Lipinski definition) is 2. The maximum absolute atomic E-state index is 12.2. The van der Waals surface area contributed by atoms with Gasteiger partial charge in [-0.15, -0.1) is 0 Å². The van der Waals surface area contributed by atoms with Gasteiger partial charge in [-0.2, -0.15) is 9.78 Å². The Morgan fingerprint density at radius 1 is 1.21 bits per heavy atom. The van der Waals surface area contributed by atoms with E-state index < -0.39 is 17.5 Å². The number of nitrogens with one attached hydrogen (secondary N) is 1. The first-order valence-corrected chi connectivity index (χ1v) is 7.86. The van der Waals surface area contributed by atoms with Gasteiger partial charge in [-0.3, -0.25) is 0 Å². The monoisotopic (exact) mass is 329 g/mol. The van der Waals surface area contributed by atoms with Crippen molar-refractivity contribution in [2.45, 2.75) is 37.3 Å². The average molecular weight is 329 g/mol. The summed E-state index contributed by atoms with van der Waals surface area (Å²) in [7, 11) is 0. The second kappa shape index (κ2) is 6.74. The van der Waals surface area contributed by atoms with Gasteiger partial charge in [-0.25, -0.2) is 9.59 Å². The molecule has 0 unspecified atom stereocenters. The number of carbonyl (C=O) groups is 2. The minimum Gasteiger partial charge on any atom is -0.490 e. The van der Waals surface area contributed by atoms with Crippen LogP contribution in [0.4, 0.5) is 4.79 Å². The van der Waals surface area contributed by atoms with Gasteiger partial charge in [-0.05, 0) is 43.9 Å². The quantitative estimate of drug-likeness (QED) is 0.897. The Morgan fingerprint density at radius 2 is 1.92 bits per heavy atom. The molecule has 2 N–H and O–H groups in total. The van der Waals surface area contributed by atoms with E-state index in [-0.39, 0.29) is 6.10 Å². The van der Waals surface area contributed by atoms with Crippen molar-refractivity contribution in [3.05, 3.63) is 48.8 Å². The van der Waals surface area contributed by atoms with E-state index in [4.69, 9.17) is 4.74 Å². The molecule has 1 heterocycles. The summed E-state index contributed by atoms with van der Waals surface area (Å²) < 4.78 is 6.98. The topological polar surface area (TPSA) is 93.5 Å². The van der Waals surface area contributed by atoms with Crippen molar-refractivity contribution in [1.29, 1.82) is 0 Å². The number of benzene rings is 1. The summed E-state index contributed by atoms with van der Waals surface area (Å²) in [5.74, 6) is -0.257. The number of carbonyl (C=O) groups excluding carboxylic acids is 1. The first-order chi connectivity index (χ1) is 11.6. The SMILES string of the molecule is O=C(NC1(C(=O)O)CCC(Oc2ccccc2)CC1)n1cccn1. The van der Waals surface area contributed by atoms with Crippen LogP contribution in [0.25, 0.3) is 0 Å². The number of aliphatic carboxylic acids is 1.